The standard InChI is InChI=1S/C11H20N2O3/c1-12-10-7-16-6-9(10)11(15)13-4-2-3-8(13)5-14/h8-10,12,14H,2-7H2,1H3/t8-,9?,10?/m0/s1. The van der Waals surface area contributed by atoms with E-state index in [0.29, 0.717) is 13.2 Å². The lowest BCUT2D eigenvalue weighted by Crippen LogP contribution is -2.47. The van der Waals surface area contributed by atoms with Crippen molar-refractivity contribution in [1.82, 2.24) is 10.2 Å². The maximum Gasteiger partial charge on any atom is 0.230 e. The molecule has 0 aromatic carbocycles. The van der Waals surface area contributed by atoms with Gasteiger partial charge in [0.05, 0.1) is 31.8 Å². The van der Waals surface area contributed by atoms with E-state index in [1.165, 1.54) is 0 Å². The highest BCUT2D eigenvalue weighted by molar-refractivity contribution is 5.80. The van der Waals surface area contributed by atoms with Crippen LogP contribution in [0.3, 0.4) is 0 Å². The summed E-state index contributed by atoms with van der Waals surface area (Å²) >= 11 is 0. The van der Waals surface area contributed by atoms with Gasteiger partial charge in [-0.15, -0.1) is 0 Å². The Hall–Kier alpha value is -0.650. The fraction of sp³-hybridized carbons (Fsp3) is 0.909. The van der Waals surface area contributed by atoms with Crippen molar-refractivity contribution in [3.8, 4) is 0 Å². The Balaban J connectivity index is 2.00. The fourth-order valence-corrected chi connectivity index (χ4v) is 2.61. The van der Waals surface area contributed by atoms with Crippen LogP contribution in [0.15, 0.2) is 0 Å². The number of aliphatic hydroxyl groups excluding tert-OH is 1. The van der Waals surface area contributed by atoms with E-state index in [-0.39, 0.29) is 30.5 Å². The lowest BCUT2D eigenvalue weighted by Gasteiger charge is -2.27. The Morgan fingerprint density at radius 3 is 3.06 bits per heavy atom. The van der Waals surface area contributed by atoms with Crippen molar-refractivity contribution < 1.29 is 14.6 Å². The molecule has 0 saturated carbocycles. The second-order valence-electron chi connectivity index (χ2n) is 4.55. The van der Waals surface area contributed by atoms with Gasteiger partial charge in [-0.1, -0.05) is 0 Å². The molecule has 2 aliphatic heterocycles. The lowest BCUT2D eigenvalue weighted by atomic mass is 10.0. The molecule has 0 aromatic heterocycles. The molecule has 2 N–H and O–H groups in total. The molecule has 2 unspecified atom stereocenters. The summed E-state index contributed by atoms with van der Waals surface area (Å²) in [6, 6.07) is 0.137. The first-order valence-electron chi connectivity index (χ1n) is 5.94. The monoisotopic (exact) mass is 228 g/mol. The number of hydrogen-bond donors (Lipinski definition) is 2. The summed E-state index contributed by atoms with van der Waals surface area (Å²) in [4.78, 5) is 14.1. The average molecular weight is 228 g/mol. The summed E-state index contributed by atoms with van der Waals surface area (Å²) in [6.45, 7) is 1.95. The predicted octanol–water partition coefficient (Wildman–Crippen LogP) is -0.796. The number of carbonyl (C=O) groups excluding carboxylic acids is 1. The number of ether oxygens (including phenoxy) is 1. The van der Waals surface area contributed by atoms with Gasteiger partial charge in [0.2, 0.25) is 5.91 Å². The van der Waals surface area contributed by atoms with Crippen molar-refractivity contribution in [2.75, 3.05) is 33.4 Å². The van der Waals surface area contributed by atoms with E-state index in [1.807, 2.05) is 11.9 Å². The van der Waals surface area contributed by atoms with Crippen LogP contribution in [0.25, 0.3) is 0 Å². The molecule has 0 bridgehead atoms. The van der Waals surface area contributed by atoms with Crippen LogP contribution in [-0.4, -0.2) is 61.4 Å². The van der Waals surface area contributed by atoms with E-state index in [2.05, 4.69) is 5.32 Å². The minimum absolute atomic E-state index is 0.0191. The van der Waals surface area contributed by atoms with Crippen LogP contribution in [0, 0.1) is 5.92 Å². The zero-order valence-electron chi connectivity index (χ0n) is 9.69. The van der Waals surface area contributed by atoms with Gasteiger partial charge in [-0.3, -0.25) is 4.79 Å². The highest BCUT2D eigenvalue weighted by Crippen LogP contribution is 2.23. The Morgan fingerprint density at radius 1 is 1.56 bits per heavy atom. The van der Waals surface area contributed by atoms with Gasteiger partial charge in [-0.25, -0.2) is 0 Å². The highest BCUT2D eigenvalue weighted by Gasteiger charge is 2.39. The van der Waals surface area contributed by atoms with Crippen LogP contribution >= 0.6 is 0 Å². The number of aliphatic hydroxyl groups is 1. The van der Waals surface area contributed by atoms with Gasteiger partial charge in [-0.05, 0) is 19.9 Å². The predicted molar refractivity (Wildman–Crippen MR) is 59.0 cm³/mol. The third-order valence-corrected chi connectivity index (χ3v) is 3.64. The van der Waals surface area contributed by atoms with E-state index in [4.69, 9.17) is 4.74 Å². The van der Waals surface area contributed by atoms with Crippen molar-refractivity contribution >= 4 is 5.91 Å². The van der Waals surface area contributed by atoms with Gasteiger partial charge in [0.1, 0.15) is 0 Å². The maximum absolute atomic E-state index is 12.3. The summed E-state index contributed by atoms with van der Waals surface area (Å²) in [5, 5.41) is 12.3. The third kappa shape index (κ3) is 2.07. The second kappa shape index (κ2) is 5.12. The Labute approximate surface area is 95.8 Å². The number of carbonyl (C=O) groups is 1. The number of likely N-dealkylation sites (tertiary alicyclic amines) is 1. The number of nitrogens with one attached hydrogen (secondary N) is 1. The molecule has 0 radical (unpaired) electrons. The number of likely N-dealkylation sites (N-methyl/N-ethyl adjacent to an activating group) is 1. The number of rotatable bonds is 3. The van der Waals surface area contributed by atoms with Crippen molar-refractivity contribution in [2.45, 2.75) is 24.9 Å². The van der Waals surface area contributed by atoms with Gasteiger partial charge in [0.25, 0.3) is 0 Å². The first kappa shape index (κ1) is 11.8. The highest BCUT2D eigenvalue weighted by atomic mass is 16.5. The summed E-state index contributed by atoms with van der Waals surface area (Å²) in [6.07, 6.45) is 1.91. The summed E-state index contributed by atoms with van der Waals surface area (Å²) in [5.41, 5.74) is 0. The molecule has 2 saturated heterocycles. The molecule has 92 valence electrons. The zero-order chi connectivity index (χ0) is 11.5. The molecule has 1 amide bonds. The van der Waals surface area contributed by atoms with Crippen molar-refractivity contribution in [2.24, 2.45) is 5.92 Å². The Kier molecular flexibility index (Phi) is 3.78. The Bertz CT molecular complexity index is 236. The number of nitrogens with zero attached hydrogens (tertiary/aromatic N) is 1. The molecule has 0 aromatic rings. The number of amides is 1. The van der Waals surface area contributed by atoms with Crippen molar-refractivity contribution in [3.63, 3.8) is 0 Å². The maximum atomic E-state index is 12.3. The molecule has 16 heavy (non-hydrogen) atoms. The van der Waals surface area contributed by atoms with Crippen LogP contribution in [0.4, 0.5) is 0 Å². The van der Waals surface area contributed by atoms with Crippen LogP contribution in [0.5, 0.6) is 0 Å². The van der Waals surface area contributed by atoms with Crippen LogP contribution in [0.1, 0.15) is 12.8 Å². The normalized spacial score (nSPS) is 34.6. The fourth-order valence-electron chi connectivity index (χ4n) is 2.61. The SMILES string of the molecule is CNC1COCC1C(=O)N1CCC[C@H]1CO. The topological polar surface area (TPSA) is 61.8 Å². The molecule has 2 rings (SSSR count). The van der Waals surface area contributed by atoms with Gasteiger partial charge < -0.3 is 20.1 Å². The van der Waals surface area contributed by atoms with E-state index >= 15 is 0 Å². The first-order valence-corrected chi connectivity index (χ1v) is 5.94. The van der Waals surface area contributed by atoms with Crippen molar-refractivity contribution in [1.29, 1.82) is 0 Å². The van der Waals surface area contributed by atoms with Gasteiger partial charge in [0, 0.05) is 12.6 Å². The van der Waals surface area contributed by atoms with Gasteiger partial charge in [-0.2, -0.15) is 0 Å². The quantitative estimate of drug-likeness (QED) is 0.664. The molecule has 5 nitrogen and oxygen atoms in total. The molecular weight excluding hydrogens is 208 g/mol. The van der Waals surface area contributed by atoms with Crippen LogP contribution in [-0.2, 0) is 9.53 Å². The largest absolute Gasteiger partial charge is 0.394 e. The Morgan fingerprint density at radius 2 is 2.38 bits per heavy atom. The molecule has 3 atom stereocenters. The molecule has 5 heteroatoms. The van der Waals surface area contributed by atoms with Crippen molar-refractivity contribution in [3.05, 3.63) is 0 Å². The van der Waals surface area contributed by atoms with E-state index in [0.717, 1.165) is 19.4 Å². The molecule has 0 aliphatic carbocycles. The first-order chi connectivity index (χ1) is 7.77. The summed E-state index contributed by atoms with van der Waals surface area (Å²) < 4.78 is 5.34. The lowest BCUT2D eigenvalue weighted by molar-refractivity contribution is -0.137. The molecule has 2 aliphatic rings. The molecule has 2 heterocycles. The third-order valence-electron chi connectivity index (χ3n) is 3.64. The van der Waals surface area contributed by atoms with E-state index in [1.54, 1.807) is 0 Å². The minimum Gasteiger partial charge on any atom is -0.394 e. The van der Waals surface area contributed by atoms with Gasteiger partial charge >= 0.3 is 0 Å². The summed E-state index contributed by atoms with van der Waals surface area (Å²) in [7, 11) is 1.85. The van der Waals surface area contributed by atoms with E-state index in [9.17, 15) is 9.90 Å². The molecule has 0 spiro atoms. The molecule has 2 fully saturated rings. The number of hydrogen-bond acceptors (Lipinski definition) is 4. The average Bonchev–Trinajstić information content (AvgIpc) is 2.96. The zero-order valence-corrected chi connectivity index (χ0v) is 9.69. The minimum atomic E-state index is -0.0860. The van der Waals surface area contributed by atoms with Gasteiger partial charge in [0.15, 0.2) is 0 Å². The van der Waals surface area contributed by atoms with Crippen LogP contribution in [0.2, 0.25) is 0 Å². The van der Waals surface area contributed by atoms with Crippen LogP contribution < -0.4 is 5.32 Å². The smallest absolute Gasteiger partial charge is 0.230 e. The second-order valence-corrected chi connectivity index (χ2v) is 4.55. The van der Waals surface area contributed by atoms with E-state index < -0.39 is 0 Å². The molecular formula is C11H20N2O3. The summed E-state index contributed by atoms with van der Waals surface area (Å²) in [5.74, 6) is 0.0468.